The summed E-state index contributed by atoms with van der Waals surface area (Å²) in [4.78, 5) is 2.58. The van der Waals surface area contributed by atoms with Gasteiger partial charge in [-0.25, -0.2) is 0 Å². The van der Waals surface area contributed by atoms with Gasteiger partial charge in [0.15, 0.2) is 0 Å². The van der Waals surface area contributed by atoms with Gasteiger partial charge in [0, 0.05) is 18.6 Å². The van der Waals surface area contributed by atoms with Crippen molar-refractivity contribution in [2.24, 2.45) is 23.0 Å². The fourth-order valence-corrected chi connectivity index (χ4v) is 3.96. The normalized spacial score (nSPS) is 30.2. The fraction of sp³-hybridized carbons (Fsp3) is 1.00. The van der Waals surface area contributed by atoms with Crippen molar-refractivity contribution >= 4 is 0 Å². The molecule has 108 valence electrons. The molecule has 0 saturated heterocycles. The third-order valence-corrected chi connectivity index (χ3v) is 4.69. The zero-order valence-electron chi connectivity index (χ0n) is 13.4. The maximum Gasteiger partial charge on any atom is 0.0359 e. The number of hydrogen-bond donors (Lipinski definition) is 1. The van der Waals surface area contributed by atoms with E-state index in [0.717, 1.165) is 24.9 Å². The van der Waals surface area contributed by atoms with Crippen molar-refractivity contribution in [3.05, 3.63) is 0 Å². The second-order valence-corrected chi connectivity index (χ2v) is 7.82. The van der Waals surface area contributed by atoms with E-state index in [-0.39, 0.29) is 5.54 Å². The van der Waals surface area contributed by atoms with Crippen molar-refractivity contribution in [3.63, 3.8) is 0 Å². The molecule has 2 unspecified atom stereocenters. The Bertz CT molecular complexity index is 254. The van der Waals surface area contributed by atoms with Gasteiger partial charge in [0.25, 0.3) is 0 Å². The van der Waals surface area contributed by atoms with E-state index in [4.69, 9.17) is 5.73 Å². The lowest BCUT2D eigenvalue weighted by atomic mass is 9.66. The van der Waals surface area contributed by atoms with Crippen molar-refractivity contribution in [2.45, 2.75) is 65.8 Å². The molecule has 18 heavy (non-hydrogen) atoms. The third-order valence-electron chi connectivity index (χ3n) is 4.69. The van der Waals surface area contributed by atoms with Crippen LogP contribution in [0.15, 0.2) is 0 Å². The van der Waals surface area contributed by atoms with Gasteiger partial charge in [-0.1, -0.05) is 47.5 Å². The SMILES string of the molecule is CC(C)C1CCCCC1(CN)N(C)CC(C)(C)C. The average Bonchev–Trinajstić information content (AvgIpc) is 2.26. The van der Waals surface area contributed by atoms with Gasteiger partial charge in [-0.05, 0) is 37.1 Å². The zero-order chi connectivity index (χ0) is 14.0. The molecule has 0 bridgehead atoms. The molecular weight excluding hydrogens is 220 g/mol. The van der Waals surface area contributed by atoms with Gasteiger partial charge in [0.1, 0.15) is 0 Å². The molecule has 1 fully saturated rings. The molecular formula is C16H34N2. The number of nitrogens with two attached hydrogens (primary N) is 1. The molecule has 0 amide bonds. The van der Waals surface area contributed by atoms with Crippen LogP contribution in [0.5, 0.6) is 0 Å². The Balaban J connectivity index is 2.93. The van der Waals surface area contributed by atoms with E-state index in [1.165, 1.54) is 25.7 Å². The Morgan fingerprint density at radius 2 is 1.89 bits per heavy atom. The summed E-state index contributed by atoms with van der Waals surface area (Å²) in [5, 5.41) is 0. The first-order chi connectivity index (χ1) is 8.23. The summed E-state index contributed by atoms with van der Waals surface area (Å²) < 4.78 is 0. The van der Waals surface area contributed by atoms with Crippen molar-refractivity contribution in [2.75, 3.05) is 20.1 Å². The second-order valence-electron chi connectivity index (χ2n) is 7.82. The second kappa shape index (κ2) is 5.92. The van der Waals surface area contributed by atoms with Gasteiger partial charge in [0.2, 0.25) is 0 Å². The first kappa shape index (κ1) is 16.0. The third kappa shape index (κ3) is 3.48. The summed E-state index contributed by atoms with van der Waals surface area (Å²) in [6.07, 6.45) is 5.35. The van der Waals surface area contributed by atoms with Crippen LogP contribution in [0.25, 0.3) is 0 Å². The van der Waals surface area contributed by atoms with E-state index < -0.39 is 0 Å². The maximum absolute atomic E-state index is 6.24. The van der Waals surface area contributed by atoms with Gasteiger partial charge in [-0.3, -0.25) is 4.90 Å². The topological polar surface area (TPSA) is 29.3 Å². The van der Waals surface area contributed by atoms with Crippen LogP contribution in [0.2, 0.25) is 0 Å². The minimum Gasteiger partial charge on any atom is -0.329 e. The molecule has 0 heterocycles. The van der Waals surface area contributed by atoms with E-state index in [1.807, 2.05) is 0 Å². The van der Waals surface area contributed by atoms with Gasteiger partial charge >= 0.3 is 0 Å². The summed E-state index contributed by atoms with van der Waals surface area (Å²) in [5.41, 5.74) is 6.82. The van der Waals surface area contributed by atoms with Crippen molar-refractivity contribution in [3.8, 4) is 0 Å². The first-order valence-electron chi connectivity index (χ1n) is 7.64. The minimum atomic E-state index is 0.236. The van der Waals surface area contributed by atoms with Gasteiger partial charge < -0.3 is 5.73 Å². The molecule has 2 N–H and O–H groups in total. The van der Waals surface area contributed by atoms with Crippen LogP contribution in [-0.2, 0) is 0 Å². The van der Waals surface area contributed by atoms with E-state index >= 15 is 0 Å². The summed E-state index contributed by atoms with van der Waals surface area (Å²) in [6.45, 7) is 13.6. The van der Waals surface area contributed by atoms with Crippen molar-refractivity contribution < 1.29 is 0 Å². The molecule has 1 rings (SSSR count). The van der Waals surface area contributed by atoms with Crippen LogP contribution in [0.3, 0.4) is 0 Å². The van der Waals surface area contributed by atoms with Gasteiger partial charge in [-0.15, -0.1) is 0 Å². The molecule has 0 aromatic carbocycles. The largest absolute Gasteiger partial charge is 0.329 e. The van der Waals surface area contributed by atoms with E-state index in [2.05, 4.69) is 46.6 Å². The molecule has 1 aliphatic carbocycles. The number of likely N-dealkylation sites (N-methyl/N-ethyl adjacent to an activating group) is 1. The Kier molecular flexibility index (Phi) is 5.25. The smallest absolute Gasteiger partial charge is 0.0359 e. The molecule has 0 aromatic rings. The molecule has 2 atom stereocenters. The van der Waals surface area contributed by atoms with Crippen LogP contribution in [0.4, 0.5) is 0 Å². The lowest BCUT2D eigenvalue weighted by Crippen LogP contribution is -2.61. The number of rotatable bonds is 4. The predicted octanol–water partition coefficient (Wildman–Crippen LogP) is 3.51. The molecule has 0 radical (unpaired) electrons. The quantitative estimate of drug-likeness (QED) is 0.832. The van der Waals surface area contributed by atoms with E-state index in [1.54, 1.807) is 0 Å². The highest BCUT2D eigenvalue weighted by atomic mass is 15.2. The van der Waals surface area contributed by atoms with Crippen LogP contribution in [0.1, 0.15) is 60.3 Å². The monoisotopic (exact) mass is 254 g/mol. The summed E-state index contributed by atoms with van der Waals surface area (Å²) in [7, 11) is 2.29. The Labute approximate surface area is 114 Å². The molecule has 0 aliphatic heterocycles. The highest BCUT2D eigenvalue weighted by Gasteiger charge is 2.44. The van der Waals surface area contributed by atoms with E-state index in [9.17, 15) is 0 Å². The molecule has 1 aliphatic rings. The maximum atomic E-state index is 6.24. The van der Waals surface area contributed by atoms with Crippen LogP contribution in [-0.4, -0.2) is 30.6 Å². The van der Waals surface area contributed by atoms with Crippen molar-refractivity contribution in [1.82, 2.24) is 4.90 Å². The Morgan fingerprint density at radius 1 is 1.28 bits per heavy atom. The lowest BCUT2D eigenvalue weighted by molar-refractivity contribution is -0.0134. The summed E-state index contributed by atoms with van der Waals surface area (Å²) in [6, 6.07) is 0. The van der Waals surface area contributed by atoms with E-state index in [0.29, 0.717) is 5.41 Å². The lowest BCUT2D eigenvalue weighted by Gasteiger charge is -2.52. The van der Waals surface area contributed by atoms with Crippen LogP contribution >= 0.6 is 0 Å². The average molecular weight is 254 g/mol. The summed E-state index contributed by atoms with van der Waals surface area (Å²) in [5.74, 6) is 1.49. The molecule has 2 heteroatoms. The number of hydrogen-bond acceptors (Lipinski definition) is 2. The fourth-order valence-electron chi connectivity index (χ4n) is 3.96. The number of nitrogens with zero attached hydrogens (tertiary/aromatic N) is 1. The predicted molar refractivity (Wildman–Crippen MR) is 80.7 cm³/mol. The zero-order valence-corrected chi connectivity index (χ0v) is 13.4. The van der Waals surface area contributed by atoms with Gasteiger partial charge in [-0.2, -0.15) is 0 Å². The highest BCUT2D eigenvalue weighted by molar-refractivity contribution is 5.00. The Morgan fingerprint density at radius 3 is 2.33 bits per heavy atom. The van der Waals surface area contributed by atoms with Crippen LogP contribution < -0.4 is 5.73 Å². The molecule has 1 saturated carbocycles. The highest BCUT2D eigenvalue weighted by Crippen LogP contribution is 2.42. The van der Waals surface area contributed by atoms with Gasteiger partial charge in [0.05, 0.1) is 0 Å². The first-order valence-corrected chi connectivity index (χ1v) is 7.64. The minimum absolute atomic E-state index is 0.236. The Hall–Kier alpha value is -0.0800. The van der Waals surface area contributed by atoms with Crippen LogP contribution in [0, 0.1) is 17.3 Å². The molecule has 0 spiro atoms. The standard InChI is InChI=1S/C16H34N2/c1-13(2)14-9-7-8-10-16(14,11-17)18(6)12-15(3,4)5/h13-14H,7-12,17H2,1-6H3. The van der Waals surface area contributed by atoms with Crippen molar-refractivity contribution in [1.29, 1.82) is 0 Å². The summed E-state index contributed by atoms with van der Waals surface area (Å²) >= 11 is 0. The molecule has 0 aromatic heterocycles. The molecule has 2 nitrogen and oxygen atoms in total.